The molecule has 0 saturated heterocycles. The number of rotatable bonds is 2. The molecular formula is C9H8ClF3N2O. The smallest absolute Gasteiger partial charge is 0.309 e. The number of hydrogen-bond acceptors (Lipinski definition) is 2. The first-order valence-electron chi connectivity index (χ1n) is 4.29. The van der Waals surface area contributed by atoms with Crippen molar-refractivity contribution in [1.82, 2.24) is 4.98 Å². The maximum Gasteiger partial charge on any atom is 0.416 e. The molecule has 1 heterocycles. The standard InChI is InChI=1S/C9H8ClF3N2O/c1-5(10)8(16)15-7-4-6(2-3-14-7)9(11,12)13/h2-5H,1H3,(H,14,15,16). The van der Waals surface area contributed by atoms with E-state index in [1.807, 2.05) is 0 Å². The molecule has 88 valence electrons. The third-order valence-electron chi connectivity index (χ3n) is 1.70. The first-order valence-corrected chi connectivity index (χ1v) is 4.72. The molecule has 0 aromatic carbocycles. The average molecular weight is 253 g/mol. The molecule has 0 aliphatic carbocycles. The second-order valence-corrected chi connectivity index (χ2v) is 3.69. The molecule has 1 rings (SSSR count). The second kappa shape index (κ2) is 4.69. The highest BCUT2D eigenvalue weighted by atomic mass is 35.5. The normalized spacial score (nSPS) is 13.3. The van der Waals surface area contributed by atoms with E-state index in [9.17, 15) is 18.0 Å². The SMILES string of the molecule is CC(Cl)C(=O)Nc1cc(C(F)(F)F)ccn1. The average Bonchev–Trinajstić information content (AvgIpc) is 2.16. The van der Waals surface area contributed by atoms with Gasteiger partial charge in [-0.15, -0.1) is 11.6 Å². The van der Waals surface area contributed by atoms with E-state index in [1.54, 1.807) is 0 Å². The number of amides is 1. The van der Waals surface area contributed by atoms with Gasteiger partial charge in [0.05, 0.1) is 5.56 Å². The number of halogens is 4. The van der Waals surface area contributed by atoms with Gasteiger partial charge in [0.1, 0.15) is 11.2 Å². The maximum absolute atomic E-state index is 12.3. The number of aromatic nitrogens is 1. The van der Waals surface area contributed by atoms with Crippen molar-refractivity contribution in [2.75, 3.05) is 5.32 Å². The van der Waals surface area contributed by atoms with Gasteiger partial charge in [0.2, 0.25) is 5.91 Å². The molecule has 0 fully saturated rings. The van der Waals surface area contributed by atoms with Crippen molar-refractivity contribution in [3.8, 4) is 0 Å². The predicted octanol–water partition coefficient (Wildman–Crippen LogP) is 2.67. The van der Waals surface area contributed by atoms with E-state index >= 15 is 0 Å². The first kappa shape index (κ1) is 12.8. The Labute approximate surface area is 94.6 Å². The molecule has 1 aromatic rings. The van der Waals surface area contributed by atoms with Crippen LogP contribution in [0.4, 0.5) is 19.0 Å². The van der Waals surface area contributed by atoms with E-state index in [1.165, 1.54) is 6.92 Å². The molecule has 0 aliphatic rings. The first-order chi connectivity index (χ1) is 7.30. The van der Waals surface area contributed by atoms with Gasteiger partial charge in [-0.1, -0.05) is 0 Å². The largest absolute Gasteiger partial charge is 0.416 e. The van der Waals surface area contributed by atoms with Crippen molar-refractivity contribution in [2.45, 2.75) is 18.5 Å². The van der Waals surface area contributed by atoms with Crippen LogP contribution in [0.2, 0.25) is 0 Å². The minimum absolute atomic E-state index is 0.174. The predicted molar refractivity (Wildman–Crippen MR) is 53.2 cm³/mol. The molecule has 0 bridgehead atoms. The van der Waals surface area contributed by atoms with Gasteiger partial charge >= 0.3 is 6.18 Å². The summed E-state index contributed by atoms with van der Waals surface area (Å²) in [7, 11) is 0. The topological polar surface area (TPSA) is 42.0 Å². The van der Waals surface area contributed by atoms with E-state index in [0.717, 1.165) is 18.3 Å². The summed E-state index contributed by atoms with van der Waals surface area (Å²) in [4.78, 5) is 14.7. The zero-order chi connectivity index (χ0) is 12.3. The molecule has 3 nitrogen and oxygen atoms in total. The molecule has 16 heavy (non-hydrogen) atoms. The van der Waals surface area contributed by atoms with Crippen LogP contribution in [-0.4, -0.2) is 16.3 Å². The molecule has 1 aromatic heterocycles. The van der Waals surface area contributed by atoms with Gasteiger partial charge in [-0.2, -0.15) is 13.2 Å². The number of pyridine rings is 1. The zero-order valence-corrected chi connectivity index (χ0v) is 8.93. The highest BCUT2D eigenvalue weighted by molar-refractivity contribution is 6.32. The number of hydrogen-bond donors (Lipinski definition) is 1. The Kier molecular flexibility index (Phi) is 3.74. The number of anilines is 1. The second-order valence-electron chi connectivity index (χ2n) is 3.03. The highest BCUT2D eigenvalue weighted by Crippen LogP contribution is 2.29. The summed E-state index contributed by atoms with van der Waals surface area (Å²) in [5.74, 6) is -0.777. The van der Waals surface area contributed by atoms with Gasteiger partial charge in [-0.25, -0.2) is 4.98 Å². The number of alkyl halides is 4. The monoisotopic (exact) mass is 252 g/mol. The lowest BCUT2D eigenvalue weighted by Crippen LogP contribution is -2.21. The highest BCUT2D eigenvalue weighted by Gasteiger charge is 2.30. The Bertz CT molecular complexity index is 393. The Hall–Kier alpha value is -1.30. The summed E-state index contributed by atoms with van der Waals surface area (Å²) in [5, 5.41) is 1.34. The van der Waals surface area contributed by atoms with Crippen molar-refractivity contribution in [1.29, 1.82) is 0 Å². The third kappa shape index (κ3) is 3.37. The van der Waals surface area contributed by atoms with Crippen molar-refractivity contribution < 1.29 is 18.0 Å². The van der Waals surface area contributed by atoms with Crippen LogP contribution in [-0.2, 0) is 11.0 Å². The van der Waals surface area contributed by atoms with Crippen LogP contribution in [0.3, 0.4) is 0 Å². The van der Waals surface area contributed by atoms with E-state index < -0.39 is 23.0 Å². The summed E-state index contributed by atoms with van der Waals surface area (Å²) >= 11 is 5.45. The molecule has 7 heteroatoms. The quantitative estimate of drug-likeness (QED) is 0.822. The Morgan fingerprint density at radius 3 is 2.69 bits per heavy atom. The number of carbonyl (C=O) groups is 1. The minimum atomic E-state index is -4.46. The van der Waals surface area contributed by atoms with Crippen molar-refractivity contribution in [3.05, 3.63) is 23.9 Å². The number of carbonyl (C=O) groups excluding carboxylic acids is 1. The van der Waals surface area contributed by atoms with Crippen molar-refractivity contribution in [2.24, 2.45) is 0 Å². The fourth-order valence-electron chi connectivity index (χ4n) is 0.901. The zero-order valence-electron chi connectivity index (χ0n) is 8.18. The van der Waals surface area contributed by atoms with Gasteiger partial charge in [-0.3, -0.25) is 4.79 Å². The lowest BCUT2D eigenvalue weighted by atomic mass is 10.2. The fraction of sp³-hybridized carbons (Fsp3) is 0.333. The molecule has 0 saturated carbocycles. The number of nitrogens with zero attached hydrogens (tertiary/aromatic N) is 1. The Balaban J connectivity index is 2.88. The summed E-state index contributed by atoms with van der Waals surface area (Å²) in [6.07, 6.45) is -3.49. The summed E-state index contributed by atoms with van der Waals surface area (Å²) in [6.45, 7) is 1.41. The molecular weight excluding hydrogens is 245 g/mol. The van der Waals surface area contributed by atoms with Crippen LogP contribution in [0.1, 0.15) is 12.5 Å². The van der Waals surface area contributed by atoms with Gasteiger partial charge in [0.25, 0.3) is 0 Å². The fourth-order valence-corrected chi connectivity index (χ4v) is 0.955. The van der Waals surface area contributed by atoms with E-state index in [-0.39, 0.29) is 5.82 Å². The lowest BCUT2D eigenvalue weighted by molar-refractivity contribution is -0.137. The molecule has 0 aliphatic heterocycles. The Morgan fingerprint density at radius 2 is 2.19 bits per heavy atom. The van der Waals surface area contributed by atoms with Gasteiger partial charge in [-0.05, 0) is 19.1 Å². The Morgan fingerprint density at radius 1 is 1.56 bits per heavy atom. The van der Waals surface area contributed by atoms with Crippen LogP contribution in [0.5, 0.6) is 0 Å². The van der Waals surface area contributed by atoms with Crippen molar-refractivity contribution >= 4 is 23.3 Å². The molecule has 1 amide bonds. The maximum atomic E-state index is 12.3. The summed E-state index contributed by atoms with van der Waals surface area (Å²) in [5.41, 5.74) is -0.875. The van der Waals surface area contributed by atoms with E-state index in [2.05, 4.69) is 10.3 Å². The van der Waals surface area contributed by atoms with Crippen LogP contribution in [0.25, 0.3) is 0 Å². The van der Waals surface area contributed by atoms with Crippen LogP contribution < -0.4 is 5.32 Å². The van der Waals surface area contributed by atoms with Crippen LogP contribution >= 0.6 is 11.6 Å². The van der Waals surface area contributed by atoms with Gasteiger partial charge < -0.3 is 5.32 Å². The summed E-state index contributed by atoms with van der Waals surface area (Å²) < 4.78 is 36.9. The molecule has 1 N–H and O–H groups in total. The number of nitrogens with one attached hydrogen (secondary N) is 1. The van der Waals surface area contributed by atoms with Gasteiger partial charge in [0.15, 0.2) is 0 Å². The molecule has 0 spiro atoms. The van der Waals surface area contributed by atoms with E-state index in [0.29, 0.717) is 0 Å². The minimum Gasteiger partial charge on any atom is -0.309 e. The molecule has 1 atom stereocenters. The third-order valence-corrected chi connectivity index (χ3v) is 1.90. The molecule has 1 unspecified atom stereocenters. The van der Waals surface area contributed by atoms with Crippen LogP contribution in [0, 0.1) is 0 Å². The van der Waals surface area contributed by atoms with Crippen LogP contribution in [0.15, 0.2) is 18.3 Å². The lowest BCUT2D eigenvalue weighted by Gasteiger charge is -2.09. The van der Waals surface area contributed by atoms with Gasteiger partial charge in [0, 0.05) is 6.20 Å². The molecule has 0 radical (unpaired) electrons. The van der Waals surface area contributed by atoms with Crippen molar-refractivity contribution in [3.63, 3.8) is 0 Å². The van der Waals surface area contributed by atoms with E-state index in [4.69, 9.17) is 11.6 Å². The summed E-state index contributed by atoms with van der Waals surface area (Å²) in [6, 6.07) is 1.57.